The summed E-state index contributed by atoms with van der Waals surface area (Å²) in [4.78, 5) is 10.8. The molecule has 0 spiro atoms. The standard InChI is InChI=1S/C11H20O/c1-8(2)11-5-4-9(3)6-10(11)7-12/h7-11H,4-6H2,1-3H3/t9?,10-,11?/m1/s1. The summed E-state index contributed by atoms with van der Waals surface area (Å²) < 4.78 is 0. The fourth-order valence-corrected chi connectivity index (χ4v) is 2.43. The lowest BCUT2D eigenvalue weighted by atomic mass is 9.71. The zero-order valence-electron chi connectivity index (χ0n) is 8.42. The van der Waals surface area contributed by atoms with Gasteiger partial charge in [-0.3, -0.25) is 0 Å². The molecule has 1 heteroatoms. The van der Waals surface area contributed by atoms with Crippen LogP contribution in [-0.4, -0.2) is 6.29 Å². The highest BCUT2D eigenvalue weighted by molar-refractivity contribution is 5.54. The highest BCUT2D eigenvalue weighted by Crippen LogP contribution is 2.36. The van der Waals surface area contributed by atoms with Crippen molar-refractivity contribution in [3.63, 3.8) is 0 Å². The van der Waals surface area contributed by atoms with Crippen LogP contribution in [0.25, 0.3) is 0 Å². The third kappa shape index (κ3) is 2.09. The monoisotopic (exact) mass is 168 g/mol. The van der Waals surface area contributed by atoms with E-state index in [1.54, 1.807) is 0 Å². The summed E-state index contributed by atoms with van der Waals surface area (Å²) in [5.74, 6) is 2.43. The van der Waals surface area contributed by atoms with E-state index in [4.69, 9.17) is 0 Å². The molecule has 0 aliphatic heterocycles. The molecule has 0 aromatic carbocycles. The van der Waals surface area contributed by atoms with Gasteiger partial charge >= 0.3 is 0 Å². The van der Waals surface area contributed by atoms with Gasteiger partial charge in [-0.25, -0.2) is 0 Å². The molecule has 0 saturated heterocycles. The molecule has 1 rings (SSSR count). The van der Waals surface area contributed by atoms with Gasteiger partial charge in [0, 0.05) is 5.92 Å². The molecule has 1 saturated carbocycles. The minimum atomic E-state index is 0.341. The smallest absolute Gasteiger partial charge is 0.123 e. The van der Waals surface area contributed by atoms with Gasteiger partial charge in [0.2, 0.25) is 0 Å². The van der Waals surface area contributed by atoms with Crippen LogP contribution in [0.3, 0.4) is 0 Å². The molecule has 70 valence electrons. The van der Waals surface area contributed by atoms with Crippen molar-refractivity contribution >= 4 is 6.29 Å². The molecule has 0 aromatic rings. The fraction of sp³-hybridized carbons (Fsp3) is 0.909. The Labute approximate surface area is 75.5 Å². The van der Waals surface area contributed by atoms with Crippen molar-refractivity contribution < 1.29 is 4.79 Å². The Morgan fingerprint density at radius 2 is 2.00 bits per heavy atom. The Bertz CT molecular complexity index is 151. The number of hydrogen-bond acceptors (Lipinski definition) is 1. The summed E-state index contributed by atoms with van der Waals surface area (Å²) >= 11 is 0. The second-order valence-electron chi connectivity index (χ2n) is 4.63. The van der Waals surface area contributed by atoms with Crippen LogP contribution in [0.15, 0.2) is 0 Å². The maximum atomic E-state index is 10.8. The molecular weight excluding hydrogens is 148 g/mol. The van der Waals surface area contributed by atoms with Crippen LogP contribution < -0.4 is 0 Å². The Balaban J connectivity index is 2.56. The lowest BCUT2D eigenvalue weighted by Gasteiger charge is -2.34. The zero-order chi connectivity index (χ0) is 9.14. The van der Waals surface area contributed by atoms with Crippen LogP contribution in [-0.2, 0) is 4.79 Å². The lowest BCUT2D eigenvalue weighted by Crippen LogP contribution is -2.28. The van der Waals surface area contributed by atoms with E-state index in [1.165, 1.54) is 19.1 Å². The predicted octanol–water partition coefficient (Wildman–Crippen LogP) is 2.89. The molecule has 1 nitrogen and oxygen atoms in total. The topological polar surface area (TPSA) is 17.1 Å². The average molecular weight is 168 g/mol. The van der Waals surface area contributed by atoms with Crippen LogP contribution in [0.2, 0.25) is 0 Å². The summed E-state index contributed by atoms with van der Waals surface area (Å²) in [6, 6.07) is 0. The van der Waals surface area contributed by atoms with Crippen LogP contribution >= 0.6 is 0 Å². The first-order chi connectivity index (χ1) is 5.65. The molecule has 0 heterocycles. The van der Waals surface area contributed by atoms with Gasteiger partial charge in [-0.2, -0.15) is 0 Å². The molecule has 1 aliphatic rings. The van der Waals surface area contributed by atoms with Crippen molar-refractivity contribution in [3.8, 4) is 0 Å². The van der Waals surface area contributed by atoms with Gasteiger partial charge in [-0.1, -0.05) is 27.2 Å². The average Bonchev–Trinajstić information content (AvgIpc) is 2.03. The van der Waals surface area contributed by atoms with Gasteiger partial charge in [-0.15, -0.1) is 0 Å². The molecule has 1 aliphatic carbocycles. The quantitative estimate of drug-likeness (QED) is 0.579. The number of carbonyl (C=O) groups excluding carboxylic acids is 1. The van der Waals surface area contributed by atoms with Gasteiger partial charge in [0.15, 0.2) is 0 Å². The van der Waals surface area contributed by atoms with E-state index in [0.29, 0.717) is 17.8 Å². The third-order valence-corrected chi connectivity index (χ3v) is 3.25. The predicted molar refractivity (Wildman–Crippen MR) is 50.9 cm³/mol. The van der Waals surface area contributed by atoms with E-state index in [2.05, 4.69) is 20.8 Å². The summed E-state index contributed by atoms with van der Waals surface area (Å²) in [7, 11) is 0. The van der Waals surface area contributed by atoms with Gasteiger partial charge in [0.25, 0.3) is 0 Å². The second-order valence-corrected chi connectivity index (χ2v) is 4.63. The molecule has 12 heavy (non-hydrogen) atoms. The molecule has 0 radical (unpaired) electrons. The summed E-state index contributed by atoms with van der Waals surface area (Å²) in [6.45, 7) is 6.72. The summed E-state index contributed by atoms with van der Waals surface area (Å²) in [5.41, 5.74) is 0. The second kappa shape index (κ2) is 4.06. The molecule has 0 N–H and O–H groups in total. The van der Waals surface area contributed by atoms with E-state index in [0.717, 1.165) is 12.3 Å². The van der Waals surface area contributed by atoms with Crippen LogP contribution in [0, 0.1) is 23.7 Å². The highest BCUT2D eigenvalue weighted by atomic mass is 16.1. The Kier molecular flexibility index (Phi) is 3.30. The number of aldehydes is 1. The van der Waals surface area contributed by atoms with Crippen molar-refractivity contribution in [2.24, 2.45) is 23.7 Å². The first-order valence-corrected chi connectivity index (χ1v) is 5.10. The normalized spacial score (nSPS) is 36.8. The fourth-order valence-electron chi connectivity index (χ4n) is 2.43. The Morgan fingerprint density at radius 3 is 2.50 bits per heavy atom. The summed E-state index contributed by atoms with van der Waals surface area (Å²) in [5, 5.41) is 0. The van der Waals surface area contributed by atoms with Crippen LogP contribution in [0.5, 0.6) is 0 Å². The van der Waals surface area contributed by atoms with Crippen molar-refractivity contribution in [2.45, 2.75) is 40.0 Å². The number of carbonyl (C=O) groups is 1. The van der Waals surface area contributed by atoms with Gasteiger partial charge in [-0.05, 0) is 30.6 Å². The maximum Gasteiger partial charge on any atom is 0.123 e. The Hall–Kier alpha value is -0.330. The summed E-state index contributed by atoms with van der Waals surface area (Å²) in [6.07, 6.45) is 4.86. The van der Waals surface area contributed by atoms with Gasteiger partial charge in [0.1, 0.15) is 6.29 Å². The van der Waals surface area contributed by atoms with E-state index < -0.39 is 0 Å². The highest BCUT2D eigenvalue weighted by Gasteiger charge is 2.29. The van der Waals surface area contributed by atoms with Crippen molar-refractivity contribution in [1.82, 2.24) is 0 Å². The molecule has 0 aromatic heterocycles. The first-order valence-electron chi connectivity index (χ1n) is 5.10. The van der Waals surface area contributed by atoms with Crippen molar-refractivity contribution in [2.75, 3.05) is 0 Å². The SMILES string of the molecule is CC1CCC(C(C)C)[C@@H](C=O)C1. The zero-order valence-corrected chi connectivity index (χ0v) is 8.42. The third-order valence-electron chi connectivity index (χ3n) is 3.25. The maximum absolute atomic E-state index is 10.8. The van der Waals surface area contributed by atoms with Gasteiger partial charge < -0.3 is 4.79 Å². The molecule has 0 bridgehead atoms. The van der Waals surface area contributed by atoms with Crippen LogP contribution in [0.4, 0.5) is 0 Å². The molecule has 1 fully saturated rings. The number of rotatable bonds is 2. The largest absolute Gasteiger partial charge is 0.303 e. The molecular formula is C11H20O. The molecule has 0 amide bonds. The minimum Gasteiger partial charge on any atom is -0.303 e. The number of hydrogen-bond donors (Lipinski definition) is 0. The molecule has 2 unspecified atom stereocenters. The minimum absolute atomic E-state index is 0.341. The van der Waals surface area contributed by atoms with Crippen molar-refractivity contribution in [3.05, 3.63) is 0 Å². The molecule has 3 atom stereocenters. The Morgan fingerprint density at radius 1 is 1.33 bits per heavy atom. The van der Waals surface area contributed by atoms with E-state index in [1.807, 2.05) is 0 Å². The van der Waals surface area contributed by atoms with E-state index in [-0.39, 0.29) is 0 Å². The van der Waals surface area contributed by atoms with E-state index in [9.17, 15) is 4.79 Å². The van der Waals surface area contributed by atoms with E-state index >= 15 is 0 Å². The van der Waals surface area contributed by atoms with Gasteiger partial charge in [0.05, 0.1) is 0 Å². The van der Waals surface area contributed by atoms with Crippen LogP contribution in [0.1, 0.15) is 40.0 Å². The van der Waals surface area contributed by atoms with Crippen molar-refractivity contribution in [1.29, 1.82) is 0 Å². The lowest BCUT2D eigenvalue weighted by molar-refractivity contribution is -0.114. The first kappa shape index (κ1) is 9.76.